The molecule has 0 aliphatic carbocycles. The average Bonchev–Trinajstić information content (AvgIpc) is 2.06. The number of rotatable bonds is 4. The van der Waals surface area contributed by atoms with Crippen molar-refractivity contribution in [2.45, 2.75) is 0 Å². The normalized spacial score (nSPS) is 9.24. The fraction of sp³-hybridized carbons (Fsp3) is 0.429. The zero-order valence-corrected chi connectivity index (χ0v) is 12.2. The third-order valence-corrected chi connectivity index (χ3v) is 2.28. The Morgan fingerprint density at radius 2 is 1.71 bits per heavy atom. The summed E-state index contributed by atoms with van der Waals surface area (Å²) >= 11 is 0. The molecule has 102 valence electrons. The van der Waals surface area contributed by atoms with Gasteiger partial charge in [0.05, 0.1) is 18.1 Å². The maximum absolute atomic E-state index is 10.7. The molecule has 0 atom stereocenters. The summed E-state index contributed by atoms with van der Waals surface area (Å²) in [7, 11) is -2.99. The zero-order chi connectivity index (χ0) is 10.6. The number of nitrogen functional groups attached to an aromatic ring is 1. The van der Waals surface area contributed by atoms with Crippen molar-refractivity contribution in [1.29, 1.82) is 0 Å². The first-order valence-corrected chi connectivity index (χ1v) is 5.91. The van der Waals surface area contributed by atoms with Gasteiger partial charge in [-0.15, -0.1) is 37.2 Å². The molecule has 0 bridgehead atoms. The van der Waals surface area contributed by atoms with Gasteiger partial charge in [0.15, 0.2) is 15.6 Å². The van der Waals surface area contributed by atoms with Gasteiger partial charge >= 0.3 is 0 Å². The van der Waals surface area contributed by atoms with Crippen LogP contribution >= 0.6 is 37.2 Å². The molecule has 1 heterocycles. The summed E-state index contributed by atoms with van der Waals surface area (Å²) in [6, 6.07) is 0. The number of aromatic nitrogens is 2. The van der Waals surface area contributed by atoms with Crippen molar-refractivity contribution in [2.24, 2.45) is 0 Å². The molecule has 1 aromatic rings. The summed E-state index contributed by atoms with van der Waals surface area (Å²) in [5.74, 6) is 0.528. The fourth-order valence-electron chi connectivity index (χ4n) is 0.712. The van der Waals surface area contributed by atoms with E-state index in [2.05, 4.69) is 9.97 Å². The minimum Gasteiger partial charge on any atom is -0.489 e. The molecule has 2 N–H and O–H groups in total. The lowest BCUT2D eigenvalue weighted by atomic mass is 10.6. The van der Waals surface area contributed by atoms with E-state index in [-0.39, 0.29) is 55.5 Å². The highest BCUT2D eigenvalue weighted by Gasteiger charge is 2.02. The highest BCUT2D eigenvalue weighted by atomic mass is 35.5. The standard InChI is InChI=1S/C7H11N3O3S.3ClH/c1-14(11,12)3-2-13-6-4-9-7(8)10-5-6;;;/h4-5H,2-3H2,1H3,(H2,8,9,10);3*1H. The van der Waals surface area contributed by atoms with E-state index >= 15 is 0 Å². The number of nitrogens with two attached hydrogens (primary N) is 1. The smallest absolute Gasteiger partial charge is 0.220 e. The van der Waals surface area contributed by atoms with Gasteiger partial charge in [-0.2, -0.15) is 0 Å². The number of anilines is 1. The van der Waals surface area contributed by atoms with Crippen LogP contribution in [0.4, 0.5) is 5.95 Å². The molecule has 0 aliphatic heterocycles. The third kappa shape index (κ3) is 10.4. The van der Waals surface area contributed by atoms with Crippen molar-refractivity contribution in [3.05, 3.63) is 12.4 Å². The Hall–Kier alpha value is -0.500. The van der Waals surface area contributed by atoms with Crippen molar-refractivity contribution < 1.29 is 13.2 Å². The molecule has 0 unspecified atom stereocenters. The molecular formula is C7H14Cl3N3O3S. The summed E-state index contributed by atoms with van der Waals surface area (Å²) in [5, 5.41) is 0. The van der Waals surface area contributed by atoms with Crippen molar-refractivity contribution in [3.8, 4) is 5.75 Å². The molecular weight excluding hydrogens is 313 g/mol. The van der Waals surface area contributed by atoms with E-state index in [4.69, 9.17) is 10.5 Å². The van der Waals surface area contributed by atoms with Gasteiger partial charge in [-0.25, -0.2) is 18.4 Å². The second-order valence-electron chi connectivity index (χ2n) is 2.76. The molecule has 6 nitrogen and oxygen atoms in total. The van der Waals surface area contributed by atoms with E-state index in [1.165, 1.54) is 12.4 Å². The van der Waals surface area contributed by atoms with Crippen LogP contribution in [0.5, 0.6) is 5.75 Å². The number of ether oxygens (including phenoxy) is 1. The molecule has 0 saturated heterocycles. The zero-order valence-electron chi connectivity index (χ0n) is 8.90. The molecule has 1 rings (SSSR count). The molecule has 0 aromatic carbocycles. The molecule has 0 saturated carbocycles. The van der Waals surface area contributed by atoms with Crippen LogP contribution in [0.2, 0.25) is 0 Å². The monoisotopic (exact) mass is 325 g/mol. The lowest BCUT2D eigenvalue weighted by Gasteiger charge is -2.03. The Kier molecular flexibility index (Phi) is 12.2. The van der Waals surface area contributed by atoms with Crippen LogP contribution < -0.4 is 10.5 Å². The molecule has 0 spiro atoms. The van der Waals surface area contributed by atoms with Crippen LogP contribution in [0.1, 0.15) is 0 Å². The Bertz CT molecular complexity index is 399. The van der Waals surface area contributed by atoms with Crippen LogP contribution in [0, 0.1) is 0 Å². The first-order chi connectivity index (χ1) is 6.47. The Balaban J connectivity index is -0.000000653. The van der Waals surface area contributed by atoms with E-state index in [9.17, 15) is 8.42 Å². The summed E-state index contributed by atoms with van der Waals surface area (Å²) < 4.78 is 26.6. The van der Waals surface area contributed by atoms with Gasteiger partial charge in [0.2, 0.25) is 5.95 Å². The van der Waals surface area contributed by atoms with E-state index < -0.39 is 9.84 Å². The van der Waals surface area contributed by atoms with Crippen LogP contribution in [0.3, 0.4) is 0 Å². The predicted octanol–water partition coefficient (Wildman–Crippen LogP) is 0.748. The summed E-state index contributed by atoms with van der Waals surface area (Å²) in [6.45, 7) is 0.0894. The van der Waals surface area contributed by atoms with Crippen molar-refractivity contribution in [3.63, 3.8) is 0 Å². The lowest BCUT2D eigenvalue weighted by molar-refractivity contribution is 0.338. The molecule has 0 fully saturated rings. The van der Waals surface area contributed by atoms with Gasteiger partial charge in [0.25, 0.3) is 0 Å². The van der Waals surface area contributed by atoms with E-state index in [1.54, 1.807) is 0 Å². The summed E-state index contributed by atoms with van der Waals surface area (Å²) in [6.07, 6.45) is 3.94. The lowest BCUT2D eigenvalue weighted by Crippen LogP contribution is -2.12. The predicted molar refractivity (Wildman–Crippen MR) is 73.4 cm³/mol. The Morgan fingerprint density at radius 1 is 1.24 bits per heavy atom. The topological polar surface area (TPSA) is 95.2 Å². The van der Waals surface area contributed by atoms with Crippen molar-refractivity contribution in [1.82, 2.24) is 9.97 Å². The van der Waals surface area contributed by atoms with Crippen LogP contribution in [-0.2, 0) is 9.84 Å². The number of halogens is 3. The molecule has 0 amide bonds. The molecule has 17 heavy (non-hydrogen) atoms. The van der Waals surface area contributed by atoms with Gasteiger partial charge in [-0.05, 0) is 0 Å². The van der Waals surface area contributed by atoms with Crippen LogP contribution in [0.15, 0.2) is 12.4 Å². The maximum Gasteiger partial charge on any atom is 0.220 e. The average molecular weight is 327 g/mol. The van der Waals surface area contributed by atoms with E-state index in [0.717, 1.165) is 6.26 Å². The van der Waals surface area contributed by atoms with Gasteiger partial charge in [0.1, 0.15) is 6.61 Å². The van der Waals surface area contributed by atoms with Gasteiger partial charge in [0, 0.05) is 6.26 Å². The van der Waals surface area contributed by atoms with Gasteiger partial charge < -0.3 is 10.5 Å². The fourth-order valence-corrected chi connectivity index (χ4v) is 1.10. The number of nitrogens with zero attached hydrogens (tertiary/aromatic N) is 2. The highest BCUT2D eigenvalue weighted by molar-refractivity contribution is 7.90. The first kappa shape index (κ1) is 21.8. The van der Waals surface area contributed by atoms with Gasteiger partial charge in [-0.3, -0.25) is 0 Å². The minimum atomic E-state index is -2.99. The number of hydrogen-bond donors (Lipinski definition) is 1. The van der Waals surface area contributed by atoms with Crippen molar-refractivity contribution in [2.75, 3.05) is 24.3 Å². The second-order valence-corrected chi connectivity index (χ2v) is 5.02. The number of sulfone groups is 1. The summed E-state index contributed by atoms with van der Waals surface area (Å²) in [5.41, 5.74) is 5.25. The van der Waals surface area contributed by atoms with Crippen molar-refractivity contribution >= 4 is 53.0 Å². The quantitative estimate of drug-likeness (QED) is 0.877. The van der Waals surface area contributed by atoms with E-state index in [1.807, 2.05) is 0 Å². The molecule has 0 aliphatic rings. The number of hydrogen-bond acceptors (Lipinski definition) is 6. The summed E-state index contributed by atoms with van der Waals surface area (Å²) in [4.78, 5) is 7.37. The largest absolute Gasteiger partial charge is 0.489 e. The van der Waals surface area contributed by atoms with Crippen LogP contribution in [0.25, 0.3) is 0 Å². The molecule has 1 aromatic heterocycles. The van der Waals surface area contributed by atoms with E-state index in [0.29, 0.717) is 5.75 Å². The highest BCUT2D eigenvalue weighted by Crippen LogP contribution is 2.06. The van der Waals surface area contributed by atoms with Gasteiger partial charge in [-0.1, -0.05) is 0 Å². The molecule has 0 radical (unpaired) electrons. The Morgan fingerprint density at radius 3 is 2.12 bits per heavy atom. The second kappa shape index (κ2) is 9.52. The first-order valence-electron chi connectivity index (χ1n) is 3.85. The maximum atomic E-state index is 10.7. The third-order valence-electron chi connectivity index (χ3n) is 1.37. The Labute approximate surface area is 119 Å². The molecule has 10 heteroatoms. The van der Waals surface area contributed by atoms with Crippen LogP contribution in [-0.4, -0.2) is 37.0 Å². The minimum absolute atomic E-state index is 0. The SMILES string of the molecule is CS(=O)(=O)CCOc1cnc(N)nc1.Cl.Cl.Cl.